The molecule has 0 radical (unpaired) electrons. The van der Waals surface area contributed by atoms with Crippen molar-refractivity contribution in [2.75, 3.05) is 0 Å². The highest BCUT2D eigenvalue weighted by Crippen LogP contribution is 2.40. The summed E-state index contributed by atoms with van der Waals surface area (Å²) in [6.45, 7) is 8.28. The van der Waals surface area contributed by atoms with Crippen LogP contribution >= 0.6 is 12.6 Å². The lowest BCUT2D eigenvalue weighted by molar-refractivity contribution is 0.795. The fourth-order valence-corrected chi connectivity index (χ4v) is 4.30. The Morgan fingerprint density at radius 3 is 2.72 bits per heavy atom. The number of hydrogen-bond donors (Lipinski definition) is 2. The Balaban J connectivity index is 2.12. The van der Waals surface area contributed by atoms with Crippen LogP contribution in [0.25, 0.3) is 11.1 Å². The molecule has 3 rings (SSSR count). The smallest absolute Gasteiger partial charge is 0.0965 e. The van der Waals surface area contributed by atoms with Crippen LogP contribution in [0.2, 0.25) is 0 Å². The second-order valence-electron chi connectivity index (χ2n) is 7.87. The van der Waals surface area contributed by atoms with Crippen molar-refractivity contribution in [1.29, 1.82) is 0 Å². The maximum Gasteiger partial charge on any atom is 0.0965 e. The van der Waals surface area contributed by atoms with Crippen LogP contribution in [-0.2, 0) is 6.42 Å². The summed E-state index contributed by atoms with van der Waals surface area (Å²) < 4.78 is 0. The first-order valence-corrected chi connectivity index (χ1v) is 10.9. The van der Waals surface area contributed by atoms with E-state index in [0.717, 1.165) is 42.8 Å². The summed E-state index contributed by atoms with van der Waals surface area (Å²) >= 11 is 4.78. The Labute approximate surface area is 180 Å². The molecule has 1 aliphatic carbocycles. The van der Waals surface area contributed by atoms with Crippen LogP contribution in [0.4, 0.5) is 5.69 Å². The Hall–Kier alpha value is -2.33. The first-order chi connectivity index (χ1) is 13.9. The van der Waals surface area contributed by atoms with Crippen molar-refractivity contribution < 1.29 is 0 Å². The predicted molar refractivity (Wildman–Crippen MR) is 129 cm³/mol. The van der Waals surface area contributed by atoms with Crippen molar-refractivity contribution in [3.63, 3.8) is 0 Å². The van der Waals surface area contributed by atoms with Crippen LogP contribution in [0.1, 0.15) is 62.5 Å². The maximum absolute atomic E-state index is 5.86. The van der Waals surface area contributed by atoms with E-state index in [-0.39, 0.29) is 5.25 Å². The number of allylic oxidation sites excluding steroid dienone is 3. The minimum atomic E-state index is 0.210. The zero-order valence-corrected chi connectivity index (χ0v) is 18.8. The molecule has 0 saturated carbocycles. The van der Waals surface area contributed by atoms with Gasteiger partial charge in [-0.15, -0.1) is 0 Å². The van der Waals surface area contributed by atoms with Gasteiger partial charge in [-0.05, 0) is 81.0 Å². The highest BCUT2D eigenvalue weighted by atomic mass is 32.1. The van der Waals surface area contributed by atoms with Crippen LogP contribution < -0.4 is 5.73 Å². The average Bonchev–Trinajstić information content (AvgIpc) is 2.66. The lowest BCUT2D eigenvalue weighted by Crippen LogP contribution is -2.09. The van der Waals surface area contributed by atoms with Gasteiger partial charge in [0.25, 0.3) is 0 Å². The molecule has 2 N–H and O–H groups in total. The molecule has 0 fully saturated rings. The van der Waals surface area contributed by atoms with Crippen molar-refractivity contribution in [3.05, 3.63) is 70.6 Å². The number of thiol groups is 1. The van der Waals surface area contributed by atoms with Crippen LogP contribution in [0, 0.1) is 6.92 Å². The molecule has 0 bridgehead atoms. The van der Waals surface area contributed by atoms with E-state index in [1.165, 1.54) is 27.8 Å². The number of aliphatic imine (C=N–C) groups is 1. The first-order valence-electron chi connectivity index (χ1n) is 10.4. The van der Waals surface area contributed by atoms with E-state index in [2.05, 4.69) is 55.2 Å². The highest BCUT2D eigenvalue weighted by molar-refractivity contribution is 7.81. The molecule has 0 aliphatic heterocycles. The fraction of sp³-hybridized carbons (Fsp3) is 0.360. The van der Waals surface area contributed by atoms with Gasteiger partial charge in [0, 0.05) is 16.5 Å². The van der Waals surface area contributed by atoms with E-state index in [0.29, 0.717) is 5.84 Å². The van der Waals surface area contributed by atoms with Crippen molar-refractivity contribution >= 4 is 35.3 Å². The SMILES string of the molecule is CCCCc1cc(C2=CC(S)CC(C)=C2c2cccc(C)n2)ccc1N=C(C)N. The molecule has 4 heteroatoms. The second kappa shape index (κ2) is 9.45. The van der Waals surface area contributed by atoms with E-state index in [1.54, 1.807) is 0 Å². The van der Waals surface area contributed by atoms with E-state index >= 15 is 0 Å². The van der Waals surface area contributed by atoms with Gasteiger partial charge in [-0.25, -0.2) is 4.99 Å². The largest absolute Gasteiger partial charge is 0.387 e. The summed E-state index contributed by atoms with van der Waals surface area (Å²) in [6.07, 6.45) is 6.48. The maximum atomic E-state index is 5.86. The molecule has 0 amide bonds. The van der Waals surface area contributed by atoms with Crippen LogP contribution in [0.3, 0.4) is 0 Å². The molecule has 1 atom stereocenters. The third kappa shape index (κ3) is 5.18. The number of nitrogens with two attached hydrogens (primary N) is 1. The Bertz CT molecular complexity index is 981. The normalized spacial score (nSPS) is 17.5. The molecule has 3 nitrogen and oxygen atoms in total. The van der Waals surface area contributed by atoms with Gasteiger partial charge >= 0.3 is 0 Å². The average molecular weight is 406 g/mol. The second-order valence-corrected chi connectivity index (χ2v) is 8.53. The van der Waals surface area contributed by atoms with Gasteiger partial charge in [-0.1, -0.05) is 37.1 Å². The molecule has 0 spiro atoms. The Morgan fingerprint density at radius 1 is 1.24 bits per heavy atom. The van der Waals surface area contributed by atoms with E-state index < -0.39 is 0 Å². The van der Waals surface area contributed by atoms with E-state index in [1.807, 2.05) is 19.9 Å². The third-order valence-electron chi connectivity index (χ3n) is 5.20. The summed E-state index contributed by atoms with van der Waals surface area (Å²) in [7, 11) is 0. The monoisotopic (exact) mass is 405 g/mol. The molecule has 1 heterocycles. The molecule has 2 aromatic rings. The van der Waals surface area contributed by atoms with Gasteiger partial charge < -0.3 is 5.73 Å². The number of unbranched alkanes of at least 4 members (excludes halogenated alkanes) is 1. The van der Waals surface area contributed by atoms with Crippen LogP contribution in [0.15, 0.2) is 53.0 Å². The Kier molecular flexibility index (Phi) is 6.96. The van der Waals surface area contributed by atoms with Crippen LogP contribution in [-0.4, -0.2) is 16.1 Å². The van der Waals surface area contributed by atoms with Gasteiger partial charge in [-0.3, -0.25) is 4.98 Å². The predicted octanol–water partition coefficient (Wildman–Crippen LogP) is 6.30. The summed E-state index contributed by atoms with van der Waals surface area (Å²) in [4.78, 5) is 9.37. The molecule has 1 aromatic heterocycles. The number of pyridine rings is 1. The quantitative estimate of drug-likeness (QED) is 0.336. The number of nitrogens with zero attached hydrogens (tertiary/aromatic N) is 2. The highest BCUT2D eigenvalue weighted by Gasteiger charge is 2.22. The van der Waals surface area contributed by atoms with Crippen molar-refractivity contribution in [2.24, 2.45) is 10.7 Å². The van der Waals surface area contributed by atoms with Crippen LogP contribution in [0.5, 0.6) is 0 Å². The number of hydrogen-bond acceptors (Lipinski definition) is 3. The zero-order chi connectivity index (χ0) is 21.0. The van der Waals surface area contributed by atoms with Gasteiger partial charge in [-0.2, -0.15) is 12.6 Å². The van der Waals surface area contributed by atoms with Gasteiger partial charge in [0.05, 0.1) is 17.2 Å². The molecular formula is C25H31N3S. The van der Waals surface area contributed by atoms with Gasteiger partial charge in [0.15, 0.2) is 0 Å². The minimum absolute atomic E-state index is 0.210. The molecule has 1 aromatic carbocycles. The molecule has 29 heavy (non-hydrogen) atoms. The third-order valence-corrected chi connectivity index (χ3v) is 5.53. The first kappa shape index (κ1) is 21.4. The summed E-state index contributed by atoms with van der Waals surface area (Å²) in [6, 6.07) is 12.7. The molecule has 1 unspecified atom stereocenters. The standard InChI is InChI=1S/C25H31N3S/c1-5-6-9-20-14-19(11-12-23(20)28-18(4)26)22-15-21(29)13-16(2)25(22)24-10-7-8-17(3)27-24/h7-8,10-12,14-15,21,29H,5-6,9,13H2,1-4H3,(H2,26,28). The van der Waals surface area contributed by atoms with Gasteiger partial charge in [0.1, 0.15) is 0 Å². The molecular weight excluding hydrogens is 374 g/mol. The fourth-order valence-electron chi connectivity index (χ4n) is 3.88. The molecule has 0 saturated heterocycles. The number of aromatic nitrogens is 1. The van der Waals surface area contributed by atoms with E-state index in [4.69, 9.17) is 23.3 Å². The van der Waals surface area contributed by atoms with Crippen molar-refractivity contribution in [2.45, 2.75) is 58.6 Å². The minimum Gasteiger partial charge on any atom is -0.387 e. The topological polar surface area (TPSA) is 51.3 Å². The van der Waals surface area contributed by atoms with Gasteiger partial charge in [0.2, 0.25) is 0 Å². The van der Waals surface area contributed by atoms with Crippen molar-refractivity contribution in [3.8, 4) is 0 Å². The summed E-state index contributed by atoms with van der Waals surface area (Å²) in [5.41, 5.74) is 15.1. The number of aryl methyl sites for hydroxylation is 2. The molecule has 1 aliphatic rings. The van der Waals surface area contributed by atoms with Crippen molar-refractivity contribution in [1.82, 2.24) is 4.98 Å². The van der Waals surface area contributed by atoms with E-state index in [9.17, 15) is 0 Å². The zero-order valence-electron chi connectivity index (χ0n) is 17.9. The lowest BCUT2D eigenvalue weighted by atomic mass is 9.84. The lowest BCUT2D eigenvalue weighted by Gasteiger charge is -2.24. The molecule has 152 valence electrons. The number of benzene rings is 1. The summed E-state index contributed by atoms with van der Waals surface area (Å²) in [5.74, 6) is 0.586. The number of rotatable bonds is 6. The summed E-state index contributed by atoms with van der Waals surface area (Å²) in [5, 5.41) is 0.210. The Morgan fingerprint density at radius 2 is 2.03 bits per heavy atom. The number of amidine groups is 1.